The van der Waals surface area contributed by atoms with Crippen LogP contribution >= 0.6 is 11.8 Å². The molecule has 1 aliphatic rings. The van der Waals surface area contributed by atoms with Gasteiger partial charge in [0.05, 0.1) is 12.3 Å². The van der Waals surface area contributed by atoms with Gasteiger partial charge in [0.2, 0.25) is 11.1 Å². The van der Waals surface area contributed by atoms with E-state index in [1.54, 1.807) is 4.68 Å². The molecule has 2 N–H and O–H groups in total. The molecule has 0 spiro atoms. The van der Waals surface area contributed by atoms with Gasteiger partial charge in [0.15, 0.2) is 0 Å². The van der Waals surface area contributed by atoms with Crippen LogP contribution in [0.5, 0.6) is 0 Å². The van der Waals surface area contributed by atoms with Gasteiger partial charge in [-0.1, -0.05) is 31.5 Å². The summed E-state index contributed by atoms with van der Waals surface area (Å²) in [5, 5.41) is 18.5. The summed E-state index contributed by atoms with van der Waals surface area (Å²) in [5.41, 5.74) is 0. The van der Waals surface area contributed by atoms with Crippen molar-refractivity contribution in [2.45, 2.75) is 50.4 Å². The number of carbonyl (C=O) groups excluding carboxylic acids is 1. The van der Waals surface area contributed by atoms with Crippen molar-refractivity contribution in [3.05, 3.63) is 0 Å². The van der Waals surface area contributed by atoms with Gasteiger partial charge in [-0.25, -0.2) is 4.68 Å². The average Bonchev–Trinajstić information content (AvgIpc) is 3.08. The number of amides is 1. The second-order valence-electron chi connectivity index (χ2n) is 4.88. The van der Waals surface area contributed by atoms with Gasteiger partial charge in [0.1, 0.15) is 0 Å². The van der Waals surface area contributed by atoms with Crippen LogP contribution < -0.4 is 10.6 Å². The van der Waals surface area contributed by atoms with Crippen LogP contribution in [-0.4, -0.2) is 51.0 Å². The first kappa shape index (κ1) is 15.2. The van der Waals surface area contributed by atoms with Gasteiger partial charge in [-0.3, -0.25) is 4.79 Å². The van der Waals surface area contributed by atoms with E-state index in [0.29, 0.717) is 23.5 Å². The lowest BCUT2D eigenvalue weighted by atomic mass is 10.2. The fourth-order valence-corrected chi connectivity index (χ4v) is 2.99. The maximum atomic E-state index is 11.8. The van der Waals surface area contributed by atoms with Crippen molar-refractivity contribution in [3.63, 3.8) is 0 Å². The summed E-state index contributed by atoms with van der Waals surface area (Å²) < 4.78 is 1.73. The van der Waals surface area contributed by atoms with E-state index in [1.807, 2.05) is 0 Å². The van der Waals surface area contributed by atoms with Crippen molar-refractivity contribution in [3.8, 4) is 0 Å². The minimum Gasteiger partial charge on any atom is -0.353 e. The Morgan fingerprint density at radius 3 is 3.00 bits per heavy atom. The molecule has 8 heteroatoms. The molecule has 1 amide bonds. The van der Waals surface area contributed by atoms with E-state index in [-0.39, 0.29) is 5.91 Å². The molecule has 1 heterocycles. The smallest absolute Gasteiger partial charge is 0.230 e. The molecular weight excluding hydrogens is 276 g/mol. The lowest BCUT2D eigenvalue weighted by molar-refractivity contribution is -0.119. The largest absolute Gasteiger partial charge is 0.353 e. The molecule has 0 saturated heterocycles. The van der Waals surface area contributed by atoms with Crippen molar-refractivity contribution in [1.82, 2.24) is 30.8 Å². The van der Waals surface area contributed by atoms with Crippen molar-refractivity contribution >= 4 is 17.7 Å². The van der Waals surface area contributed by atoms with E-state index in [2.05, 4.69) is 33.1 Å². The van der Waals surface area contributed by atoms with Crippen LogP contribution in [0.3, 0.4) is 0 Å². The summed E-state index contributed by atoms with van der Waals surface area (Å²) >= 11 is 1.39. The van der Waals surface area contributed by atoms with Gasteiger partial charge in [-0.2, -0.15) is 0 Å². The first-order valence-corrected chi connectivity index (χ1v) is 8.17. The van der Waals surface area contributed by atoms with E-state index in [9.17, 15) is 4.79 Å². The Hall–Kier alpha value is -1.15. The lowest BCUT2D eigenvalue weighted by Crippen LogP contribution is -2.33. The van der Waals surface area contributed by atoms with Gasteiger partial charge in [-0.05, 0) is 29.8 Å². The van der Waals surface area contributed by atoms with Crippen LogP contribution in [0.4, 0.5) is 0 Å². The molecule has 1 aromatic heterocycles. The molecule has 0 aromatic carbocycles. The molecule has 1 aromatic rings. The lowest BCUT2D eigenvalue weighted by Gasteiger charge is -2.11. The molecule has 0 aliphatic heterocycles. The zero-order valence-corrected chi connectivity index (χ0v) is 12.7. The second kappa shape index (κ2) is 8.21. The fraction of sp³-hybridized carbons (Fsp3) is 0.833. The Kier molecular flexibility index (Phi) is 6.25. The minimum atomic E-state index is 0.0723. The van der Waals surface area contributed by atoms with Crippen molar-refractivity contribution in [2.75, 3.05) is 18.8 Å². The highest BCUT2D eigenvalue weighted by Crippen LogP contribution is 2.18. The average molecular weight is 298 g/mol. The Morgan fingerprint density at radius 1 is 1.45 bits per heavy atom. The highest BCUT2D eigenvalue weighted by Gasteiger charge is 2.17. The van der Waals surface area contributed by atoms with Gasteiger partial charge in [0.25, 0.3) is 0 Å². The Balaban J connectivity index is 1.72. The monoisotopic (exact) mass is 298 g/mol. The predicted molar refractivity (Wildman–Crippen MR) is 77.5 cm³/mol. The number of thioether (sulfide) groups is 1. The van der Waals surface area contributed by atoms with Crippen LogP contribution in [0.2, 0.25) is 0 Å². The molecule has 0 atom stereocenters. The van der Waals surface area contributed by atoms with E-state index in [0.717, 1.165) is 25.9 Å². The fourth-order valence-electron chi connectivity index (χ4n) is 2.27. The molecule has 1 saturated carbocycles. The number of hydrogen-bond donors (Lipinski definition) is 2. The molecule has 0 bridgehead atoms. The summed E-state index contributed by atoms with van der Waals surface area (Å²) in [6.07, 6.45) is 4.66. The molecule has 1 aliphatic carbocycles. The molecule has 7 nitrogen and oxygen atoms in total. The highest BCUT2D eigenvalue weighted by atomic mass is 32.2. The number of tetrazole rings is 1. The SMILES string of the molecule is CCNCCn1nnnc1SCC(=O)NC1CCCC1. The molecule has 20 heavy (non-hydrogen) atoms. The summed E-state index contributed by atoms with van der Waals surface area (Å²) in [7, 11) is 0. The number of aromatic nitrogens is 4. The third-order valence-corrected chi connectivity index (χ3v) is 4.26. The van der Waals surface area contributed by atoms with E-state index in [4.69, 9.17) is 0 Å². The number of hydrogen-bond acceptors (Lipinski definition) is 6. The molecule has 1 fully saturated rings. The van der Waals surface area contributed by atoms with E-state index in [1.165, 1.54) is 24.6 Å². The Morgan fingerprint density at radius 2 is 2.25 bits per heavy atom. The summed E-state index contributed by atoms with van der Waals surface area (Å²) in [6, 6.07) is 0.368. The van der Waals surface area contributed by atoms with Gasteiger partial charge in [-0.15, -0.1) is 5.10 Å². The molecule has 2 rings (SSSR count). The molecule has 112 valence electrons. The number of nitrogens with one attached hydrogen (secondary N) is 2. The minimum absolute atomic E-state index is 0.0723. The summed E-state index contributed by atoms with van der Waals surface area (Å²) in [4.78, 5) is 11.8. The maximum Gasteiger partial charge on any atom is 0.230 e. The van der Waals surface area contributed by atoms with Crippen LogP contribution in [-0.2, 0) is 11.3 Å². The van der Waals surface area contributed by atoms with Crippen LogP contribution in [0.15, 0.2) is 5.16 Å². The van der Waals surface area contributed by atoms with Crippen LogP contribution in [0, 0.1) is 0 Å². The summed E-state index contributed by atoms with van der Waals surface area (Å²) in [5.74, 6) is 0.445. The summed E-state index contributed by atoms with van der Waals surface area (Å²) in [6.45, 7) is 4.52. The van der Waals surface area contributed by atoms with E-state index < -0.39 is 0 Å². The van der Waals surface area contributed by atoms with Gasteiger partial charge < -0.3 is 10.6 Å². The maximum absolute atomic E-state index is 11.8. The topological polar surface area (TPSA) is 84.7 Å². The van der Waals surface area contributed by atoms with Crippen molar-refractivity contribution < 1.29 is 4.79 Å². The number of nitrogens with zero attached hydrogens (tertiary/aromatic N) is 4. The van der Waals surface area contributed by atoms with Crippen LogP contribution in [0.1, 0.15) is 32.6 Å². The number of rotatable bonds is 8. The third kappa shape index (κ3) is 4.75. The first-order valence-electron chi connectivity index (χ1n) is 7.18. The Bertz CT molecular complexity index is 418. The zero-order valence-electron chi connectivity index (χ0n) is 11.8. The predicted octanol–water partition coefficient (Wildman–Crippen LogP) is 0.434. The molecule has 0 radical (unpaired) electrons. The molecular formula is C12H22N6OS. The zero-order chi connectivity index (χ0) is 14.2. The normalized spacial score (nSPS) is 15.7. The second-order valence-corrected chi connectivity index (χ2v) is 5.82. The van der Waals surface area contributed by atoms with Gasteiger partial charge >= 0.3 is 0 Å². The quantitative estimate of drug-likeness (QED) is 0.535. The van der Waals surface area contributed by atoms with Crippen molar-refractivity contribution in [1.29, 1.82) is 0 Å². The molecule has 0 unspecified atom stereocenters. The third-order valence-electron chi connectivity index (χ3n) is 3.30. The Labute approximate surface area is 123 Å². The van der Waals surface area contributed by atoms with E-state index >= 15 is 0 Å². The van der Waals surface area contributed by atoms with Crippen molar-refractivity contribution in [2.24, 2.45) is 0 Å². The van der Waals surface area contributed by atoms with Crippen LogP contribution in [0.25, 0.3) is 0 Å². The highest BCUT2D eigenvalue weighted by molar-refractivity contribution is 7.99. The number of likely N-dealkylation sites (N-methyl/N-ethyl adjacent to an activating group) is 1. The standard InChI is InChI=1S/C12H22N6OS/c1-2-13-7-8-18-12(15-16-17-18)20-9-11(19)14-10-5-3-4-6-10/h10,13H,2-9H2,1H3,(H,14,19). The first-order chi connectivity index (χ1) is 9.79. The number of carbonyl (C=O) groups is 1. The van der Waals surface area contributed by atoms with Gasteiger partial charge in [0, 0.05) is 12.6 Å².